The van der Waals surface area contributed by atoms with E-state index >= 15 is 0 Å². The summed E-state index contributed by atoms with van der Waals surface area (Å²) in [4.78, 5) is 41.3. The molecule has 4 rings (SSSR count). The van der Waals surface area contributed by atoms with Gasteiger partial charge in [-0.05, 0) is 61.7 Å². The van der Waals surface area contributed by atoms with Crippen LogP contribution in [0.5, 0.6) is 0 Å². The number of carbonyl (C=O) groups is 3. The van der Waals surface area contributed by atoms with Gasteiger partial charge in [0.2, 0.25) is 5.91 Å². The van der Waals surface area contributed by atoms with Crippen LogP contribution in [0, 0.1) is 0 Å². The average molecular weight is 451 g/mol. The van der Waals surface area contributed by atoms with Crippen molar-refractivity contribution < 1.29 is 19.1 Å². The Labute approximate surface area is 193 Å². The number of anilines is 3. The maximum Gasteiger partial charge on any atom is 0.414 e. The van der Waals surface area contributed by atoms with E-state index in [1.54, 1.807) is 24.3 Å². The normalized spacial score (nSPS) is 16.5. The molecule has 0 spiro atoms. The summed E-state index contributed by atoms with van der Waals surface area (Å²) in [5.41, 5.74) is 2.93. The summed E-state index contributed by atoms with van der Waals surface area (Å²) in [5, 5.41) is 5.82. The van der Waals surface area contributed by atoms with E-state index in [1.807, 2.05) is 25.1 Å². The van der Waals surface area contributed by atoms with Crippen LogP contribution in [0.3, 0.4) is 0 Å². The van der Waals surface area contributed by atoms with Crippen LogP contribution in [0.4, 0.5) is 21.9 Å². The molecular formula is C25H30N4O4. The molecule has 33 heavy (non-hydrogen) atoms. The molecule has 2 aliphatic heterocycles. The minimum absolute atomic E-state index is 0.236. The van der Waals surface area contributed by atoms with Gasteiger partial charge in [0.05, 0.1) is 6.54 Å². The highest BCUT2D eigenvalue weighted by atomic mass is 16.6. The zero-order valence-corrected chi connectivity index (χ0v) is 18.9. The molecule has 8 nitrogen and oxygen atoms in total. The average Bonchev–Trinajstić information content (AvgIpc) is 3.51. The molecule has 0 aliphatic carbocycles. The quantitative estimate of drug-likeness (QED) is 0.639. The summed E-state index contributed by atoms with van der Waals surface area (Å²) in [6, 6.07) is 13.9. The van der Waals surface area contributed by atoms with E-state index in [0.29, 0.717) is 30.8 Å². The van der Waals surface area contributed by atoms with Gasteiger partial charge < -0.3 is 20.3 Å². The molecule has 2 aromatic carbocycles. The van der Waals surface area contributed by atoms with Crippen LogP contribution in [0.25, 0.3) is 0 Å². The topological polar surface area (TPSA) is 91.0 Å². The summed E-state index contributed by atoms with van der Waals surface area (Å²) in [5.74, 6) is -0.565. The second-order valence-electron chi connectivity index (χ2n) is 8.36. The Bertz CT molecular complexity index is 1000. The summed E-state index contributed by atoms with van der Waals surface area (Å²) in [6.45, 7) is 4.88. The first-order valence-corrected chi connectivity index (χ1v) is 11.6. The van der Waals surface area contributed by atoms with E-state index in [9.17, 15) is 14.4 Å². The van der Waals surface area contributed by atoms with Gasteiger partial charge in [-0.15, -0.1) is 0 Å². The molecule has 3 amide bonds. The fourth-order valence-electron chi connectivity index (χ4n) is 4.20. The minimum Gasteiger partial charge on any atom is -0.447 e. The largest absolute Gasteiger partial charge is 0.447 e. The number of cyclic esters (lactones) is 1. The molecule has 1 atom stereocenters. The van der Waals surface area contributed by atoms with E-state index in [4.69, 9.17) is 4.74 Å². The third-order valence-corrected chi connectivity index (χ3v) is 5.99. The van der Waals surface area contributed by atoms with Gasteiger partial charge in [0.15, 0.2) is 0 Å². The predicted molar refractivity (Wildman–Crippen MR) is 128 cm³/mol. The number of hydrogen-bond acceptors (Lipinski definition) is 5. The molecule has 2 heterocycles. The Hall–Kier alpha value is -3.55. The Balaban J connectivity index is 1.39. The second kappa shape index (κ2) is 10.4. The van der Waals surface area contributed by atoms with Crippen molar-refractivity contribution in [2.24, 2.45) is 0 Å². The maximum atomic E-state index is 13.0. The monoisotopic (exact) mass is 450 g/mol. The minimum atomic E-state index is -0.647. The molecule has 0 bridgehead atoms. The third-order valence-electron chi connectivity index (χ3n) is 5.99. The summed E-state index contributed by atoms with van der Waals surface area (Å²) < 4.78 is 4.95. The smallest absolute Gasteiger partial charge is 0.414 e. The van der Waals surface area contributed by atoms with Crippen molar-refractivity contribution in [2.45, 2.75) is 38.6 Å². The molecule has 0 radical (unpaired) electrons. The van der Waals surface area contributed by atoms with Gasteiger partial charge >= 0.3 is 6.09 Å². The van der Waals surface area contributed by atoms with Crippen molar-refractivity contribution in [1.29, 1.82) is 0 Å². The van der Waals surface area contributed by atoms with Gasteiger partial charge in [0.25, 0.3) is 5.91 Å². The zero-order chi connectivity index (χ0) is 23.2. The number of carbonyl (C=O) groups excluding carboxylic acids is 3. The molecular weight excluding hydrogens is 420 g/mol. The van der Waals surface area contributed by atoms with Crippen molar-refractivity contribution in [1.82, 2.24) is 5.32 Å². The Kier molecular flexibility index (Phi) is 7.12. The molecule has 2 fully saturated rings. The molecule has 174 valence electrons. The molecule has 2 aromatic rings. The van der Waals surface area contributed by atoms with E-state index < -0.39 is 6.04 Å². The highest BCUT2D eigenvalue weighted by Crippen LogP contribution is 2.24. The highest BCUT2D eigenvalue weighted by molar-refractivity contribution is 6.01. The number of ether oxygens (including phenoxy) is 1. The first-order valence-electron chi connectivity index (χ1n) is 11.6. The number of benzene rings is 2. The Morgan fingerprint density at radius 2 is 1.79 bits per heavy atom. The molecule has 1 unspecified atom stereocenters. The van der Waals surface area contributed by atoms with Crippen LogP contribution in [-0.4, -0.2) is 50.2 Å². The van der Waals surface area contributed by atoms with Gasteiger partial charge in [-0.25, -0.2) is 4.79 Å². The molecule has 2 saturated heterocycles. The third kappa shape index (κ3) is 5.45. The lowest BCUT2D eigenvalue weighted by Crippen LogP contribution is -2.43. The van der Waals surface area contributed by atoms with Gasteiger partial charge in [0, 0.05) is 35.7 Å². The lowest BCUT2D eigenvalue weighted by molar-refractivity contribution is -0.118. The lowest BCUT2D eigenvalue weighted by Gasteiger charge is -2.20. The summed E-state index contributed by atoms with van der Waals surface area (Å²) in [7, 11) is 0. The van der Waals surface area contributed by atoms with Crippen molar-refractivity contribution in [3.8, 4) is 0 Å². The van der Waals surface area contributed by atoms with Crippen molar-refractivity contribution in [2.75, 3.05) is 41.4 Å². The summed E-state index contributed by atoms with van der Waals surface area (Å²) in [6.07, 6.45) is 3.26. The van der Waals surface area contributed by atoms with Crippen LogP contribution in [0.2, 0.25) is 0 Å². The second-order valence-corrected chi connectivity index (χ2v) is 8.36. The maximum absolute atomic E-state index is 13.0. The Morgan fingerprint density at radius 1 is 1.03 bits per heavy atom. The molecule has 2 aliphatic rings. The number of nitrogens with one attached hydrogen (secondary N) is 2. The van der Waals surface area contributed by atoms with Gasteiger partial charge in [-0.3, -0.25) is 14.5 Å². The van der Waals surface area contributed by atoms with Gasteiger partial charge in [-0.1, -0.05) is 19.4 Å². The zero-order valence-electron chi connectivity index (χ0n) is 18.9. The number of hydrogen-bond donors (Lipinski definition) is 2. The van der Waals surface area contributed by atoms with Crippen molar-refractivity contribution in [3.05, 3.63) is 54.1 Å². The number of amides is 3. The van der Waals surface area contributed by atoms with Crippen LogP contribution >= 0.6 is 0 Å². The van der Waals surface area contributed by atoms with Crippen LogP contribution in [0.15, 0.2) is 48.5 Å². The predicted octanol–water partition coefficient (Wildman–Crippen LogP) is 3.78. The SMILES string of the molecule is CCCC(NC(=O)c1ccc(N2CCOC2=O)cc1)C(=O)Nc1cccc(N2CCCC2)c1. The number of nitrogens with zero attached hydrogens (tertiary/aromatic N) is 2. The molecule has 2 N–H and O–H groups in total. The first kappa shape index (κ1) is 22.6. The standard InChI is InChI=1S/C25H30N4O4/c1-2-6-22(24(31)26-19-7-5-8-21(17-19)28-13-3-4-14-28)27-23(30)18-9-11-20(12-10-18)29-15-16-33-25(29)32/h5,7-12,17,22H,2-4,6,13-16H2,1H3,(H,26,31)(H,27,30). The van der Waals surface area contributed by atoms with E-state index in [0.717, 1.165) is 30.9 Å². The Morgan fingerprint density at radius 3 is 2.45 bits per heavy atom. The number of rotatable bonds is 8. The molecule has 0 aromatic heterocycles. The van der Waals surface area contributed by atoms with Crippen LogP contribution < -0.4 is 20.4 Å². The van der Waals surface area contributed by atoms with Crippen molar-refractivity contribution >= 4 is 35.0 Å². The molecule has 0 saturated carbocycles. The van der Waals surface area contributed by atoms with Crippen LogP contribution in [0.1, 0.15) is 43.0 Å². The van der Waals surface area contributed by atoms with Gasteiger partial charge in [-0.2, -0.15) is 0 Å². The van der Waals surface area contributed by atoms with Crippen LogP contribution in [-0.2, 0) is 9.53 Å². The highest BCUT2D eigenvalue weighted by Gasteiger charge is 2.25. The van der Waals surface area contributed by atoms with E-state index in [2.05, 4.69) is 21.6 Å². The molecule has 8 heteroatoms. The van der Waals surface area contributed by atoms with E-state index in [1.165, 1.54) is 17.7 Å². The van der Waals surface area contributed by atoms with Crippen molar-refractivity contribution in [3.63, 3.8) is 0 Å². The lowest BCUT2D eigenvalue weighted by atomic mass is 10.1. The fraction of sp³-hybridized carbons (Fsp3) is 0.400. The van der Waals surface area contributed by atoms with Gasteiger partial charge in [0.1, 0.15) is 12.6 Å². The first-order chi connectivity index (χ1) is 16.0. The summed E-state index contributed by atoms with van der Waals surface area (Å²) >= 11 is 0. The fourth-order valence-corrected chi connectivity index (χ4v) is 4.20. The van der Waals surface area contributed by atoms with E-state index in [-0.39, 0.29) is 17.9 Å².